The monoisotopic (exact) mass is 430 g/mol. The van der Waals surface area contributed by atoms with E-state index in [0.29, 0.717) is 21.5 Å². The van der Waals surface area contributed by atoms with Crippen molar-refractivity contribution in [2.24, 2.45) is 0 Å². The zero-order chi connectivity index (χ0) is 17.1. The van der Waals surface area contributed by atoms with Crippen molar-refractivity contribution in [2.45, 2.75) is 0 Å². The van der Waals surface area contributed by atoms with Crippen LogP contribution in [0.3, 0.4) is 0 Å². The molecule has 1 aliphatic heterocycles. The molecule has 0 aromatic heterocycles. The standard InChI is InChI=1S/C19H15IN2O2/c1-2-13-21(14-9-5-3-6-10-14)17-16(20)18(23)22(19(17)24)15-11-7-4-8-12-15/h2-12H,1,13H2. The lowest BCUT2D eigenvalue weighted by Crippen LogP contribution is -2.35. The molecule has 0 saturated heterocycles. The number of imide groups is 1. The summed E-state index contributed by atoms with van der Waals surface area (Å²) >= 11 is 1.95. The van der Waals surface area contributed by atoms with Crippen LogP contribution in [0.4, 0.5) is 11.4 Å². The van der Waals surface area contributed by atoms with Gasteiger partial charge in [-0.15, -0.1) is 6.58 Å². The number of carbonyl (C=O) groups is 2. The molecular weight excluding hydrogens is 415 g/mol. The fourth-order valence-corrected chi connectivity index (χ4v) is 3.36. The lowest BCUT2D eigenvalue weighted by Gasteiger charge is -2.24. The van der Waals surface area contributed by atoms with Crippen molar-refractivity contribution in [3.8, 4) is 0 Å². The van der Waals surface area contributed by atoms with Gasteiger partial charge in [0, 0.05) is 12.2 Å². The summed E-state index contributed by atoms with van der Waals surface area (Å²) in [5.41, 5.74) is 1.80. The summed E-state index contributed by atoms with van der Waals surface area (Å²) in [6, 6.07) is 18.5. The van der Waals surface area contributed by atoms with E-state index >= 15 is 0 Å². The predicted octanol–water partition coefficient (Wildman–Crippen LogP) is 3.90. The summed E-state index contributed by atoms with van der Waals surface area (Å²) in [4.78, 5) is 28.7. The summed E-state index contributed by atoms with van der Waals surface area (Å²) in [5, 5.41) is 0. The molecule has 0 saturated carbocycles. The van der Waals surface area contributed by atoms with Crippen molar-refractivity contribution < 1.29 is 9.59 Å². The molecule has 0 N–H and O–H groups in total. The van der Waals surface area contributed by atoms with Gasteiger partial charge in [0.2, 0.25) is 0 Å². The number of nitrogens with zero attached hydrogens (tertiary/aromatic N) is 2. The van der Waals surface area contributed by atoms with Crippen molar-refractivity contribution in [2.75, 3.05) is 16.3 Å². The highest BCUT2D eigenvalue weighted by atomic mass is 127. The topological polar surface area (TPSA) is 40.6 Å². The van der Waals surface area contributed by atoms with Gasteiger partial charge in [-0.05, 0) is 46.9 Å². The number of para-hydroxylation sites is 2. The third-order valence-corrected chi connectivity index (χ3v) is 4.64. The van der Waals surface area contributed by atoms with Gasteiger partial charge < -0.3 is 4.90 Å². The van der Waals surface area contributed by atoms with E-state index in [1.807, 2.05) is 63.9 Å². The van der Waals surface area contributed by atoms with Crippen LogP contribution < -0.4 is 9.80 Å². The lowest BCUT2D eigenvalue weighted by molar-refractivity contribution is -0.120. The largest absolute Gasteiger partial charge is 0.332 e. The second kappa shape index (κ2) is 7.00. The van der Waals surface area contributed by atoms with Crippen LogP contribution in [0.1, 0.15) is 0 Å². The Morgan fingerprint density at radius 1 is 0.958 bits per heavy atom. The van der Waals surface area contributed by atoms with Crippen molar-refractivity contribution >= 4 is 45.8 Å². The maximum atomic E-state index is 13.0. The number of hydrogen-bond acceptors (Lipinski definition) is 3. The molecule has 0 fully saturated rings. The molecule has 0 bridgehead atoms. The average molecular weight is 430 g/mol. The second-order valence-electron chi connectivity index (χ2n) is 5.18. The van der Waals surface area contributed by atoms with E-state index in [2.05, 4.69) is 6.58 Å². The Balaban J connectivity index is 2.04. The number of rotatable bonds is 5. The van der Waals surface area contributed by atoms with Gasteiger partial charge >= 0.3 is 0 Å². The molecule has 0 unspecified atom stereocenters. The van der Waals surface area contributed by atoms with E-state index in [9.17, 15) is 9.59 Å². The Labute approximate surface area is 154 Å². The number of carbonyl (C=O) groups excluding carboxylic acids is 2. The van der Waals surface area contributed by atoms with Crippen LogP contribution in [0.2, 0.25) is 0 Å². The zero-order valence-electron chi connectivity index (χ0n) is 12.9. The first-order valence-electron chi connectivity index (χ1n) is 7.42. The van der Waals surface area contributed by atoms with Gasteiger partial charge in [0.15, 0.2) is 0 Å². The van der Waals surface area contributed by atoms with Crippen molar-refractivity contribution in [3.63, 3.8) is 0 Å². The van der Waals surface area contributed by atoms with Crippen molar-refractivity contribution in [1.29, 1.82) is 0 Å². The molecule has 120 valence electrons. The summed E-state index contributed by atoms with van der Waals surface area (Å²) in [7, 11) is 0. The Morgan fingerprint density at radius 2 is 1.54 bits per heavy atom. The fraction of sp³-hybridized carbons (Fsp3) is 0.0526. The highest BCUT2D eigenvalue weighted by Crippen LogP contribution is 2.34. The first-order valence-corrected chi connectivity index (χ1v) is 8.50. The second-order valence-corrected chi connectivity index (χ2v) is 6.26. The summed E-state index contributed by atoms with van der Waals surface area (Å²) in [6.07, 6.45) is 1.72. The molecule has 0 aliphatic carbocycles. The minimum Gasteiger partial charge on any atom is -0.332 e. The fourth-order valence-electron chi connectivity index (χ4n) is 2.60. The third-order valence-electron chi connectivity index (χ3n) is 3.67. The molecule has 0 atom stereocenters. The number of amides is 2. The molecule has 2 amide bonds. The predicted molar refractivity (Wildman–Crippen MR) is 104 cm³/mol. The lowest BCUT2D eigenvalue weighted by atomic mass is 10.2. The normalized spacial score (nSPS) is 14.3. The van der Waals surface area contributed by atoms with Crippen LogP contribution >= 0.6 is 22.6 Å². The average Bonchev–Trinajstić information content (AvgIpc) is 2.84. The van der Waals surface area contributed by atoms with Crippen LogP contribution in [0.25, 0.3) is 0 Å². The molecule has 2 aromatic rings. The van der Waals surface area contributed by atoms with Crippen molar-refractivity contribution in [1.82, 2.24) is 0 Å². The maximum absolute atomic E-state index is 13.0. The molecule has 5 heteroatoms. The molecule has 1 heterocycles. The first-order chi connectivity index (χ1) is 11.6. The summed E-state index contributed by atoms with van der Waals surface area (Å²) < 4.78 is 0.409. The Bertz CT molecular complexity index is 816. The van der Waals surface area contributed by atoms with E-state index in [4.69, 9.17) is 0 Å². The van der Waals surface area contributed by atoms with Crippen LogP contribution in [0.5, 0.6) is 0 Å². The van der Waals surface area contributed by atoms with Gasteiger partial charge in [-0.25, -0.2) is 4.90 Å². The minimum absolute atomic E-state index is 0.299. The molecule has 2 aromatic carbocycles. The molecule has 24 heavy (non-hydrogen) atoms. The molecular formula is C19H15IN2O2. The summed E-state index contributed by atoms with van der Waals surface area (Å²) in [5.74, 6) is -0.618. The van der Waals surface area contributed by atoms with Gasteiger partial charge in [-0.1, -0.05) is 42.5 Å². The quantitative estimate of drug-likeness (QED) is 0.411. The first kappa shape index (κ1) is 16.4. The SMILES string of the molecule is C=CCN(C1=C(I)C(=O)N(c2ccccc2)C1=O)c1ccccc1. The van der Waals surface area contributed by atoms with Gasteiger partial charge in [0.05, 0.1) is 5.69 Å². The Morgan fingerprint density at radius 3 is 2.12 bits per heavy atom. The van der Waals surface area contributed by atoms with Gasteiger partial charge in [0.1, 0.15) is 9.28 Å². The molecule has 1 aliphatic rings. The van der Waals surface area contributed by atoms with E-state index in [-0.39, 0.29) is 11.8 Å². The van der Waals surface area contributed by atoms with E-state index in [0.717, 1.165) is 5.69 Å². The van der Waals surface area contributed by atoms with E-state index < -0.39 is 0 Å². The van der Waals surface area contributed by atoms with Crippen molar-refractivity contribution in [3.05, 3.63) is 82.6 Å². The Kier molecular flexibility index (Phi) is 4.80. The highest BCUT2D eigenvalue weighted by molar-refractivity contribution is 14.1. The number of halogens is 1. The molecule has 0 radical (unpaired) electrons. The van der Waals surface area contributed by atoms with E-state index in [1.54, 1.807) is 30.3 Å². The van der Waals surface area contributed by atoms with Gasteiger partial charge in [-0.2, -0.15) is 0 Å². The number of hydrogen-bond donors (Lipinski definition) is 0. The summed E-state index contributed by atoms with van der Waals surface area (Å²) in [6.45, 7) is 4.21. The molecule has 3 rings (SSSR count). The number of benzene rings is 2. The van der Waals surface area contributed by atoms with Gasteiger partial charge in [-0.3, -0.25) is 9.59 Å². The highest BCUT2D eigenvalue weighted by Gasteiger charge is 2.40. The van der Waals surface area contributed by atoms with Crippen LogP contribution in [-0.4, -0.2) is 18.4 Å². The zero-order valence-corrected chi connectivity index (χ0v) is 15.0. The van der Waals surface area contributed by atoms with Crippen LogP contribution in [-0.2, 0) is 9.59 Å². The van der Waals surface area contributed by atoms with E-state index in [1.165, 1.54) is 4.90 Å². The third kappa shape index (κ3) is 2.87. The number of anilines is 2. The minimum atomic E-state index is -0.318. The Hall–Kier alpha value is -2.41. The maximum Gasteiger partial charge on any atom is 0.283 e. The molecule has 4 nitrogen and oxygen atoms in total. The smallest absolute Gasteiger partial charge is 0.283 e. The van der Waals surface area contributed by atoms with Crippen LogP contribution in [0.15, 0.2) is 82.6 Å². The van der Waals surface area contributed by atoms with Gasteiger partial charge in [0.25, 0.3) is 11.8 Å². The van der Waals surface area contributed by atoms with Crippen LogP contribution in [0, 0.1) is 0 Å². The molecule has 0 spiro atoms.